The number of nitrogens with two attached hydrogens (primary N) is 1. The van der Waals surface area contributed by atoms with Gasteiger partial charge in [-0.2, -0.15) is 13.2 Å². The van der Waals surface area contributed by atoms with Gasteiger partial charge in [-0.25, -0.2) is 0 Å². The predicted octanol–water partition coefficient (Wildman–Crippen LogP) is 2.31. The van der Waals surface area contributed by atoms with Gasteiger partial charge >= 0.3 is 6.18 Å². The molecule has 0 aliphatic heterocycles. The number of halogens is 3. The molecule has 0 heterocycles. The minimum atomic E-state index is -4.01. The Labute approximate surface area is 64.8 Å². The summed E-state index contributed by atoms with van der Waals surface area (Å²) in [6.07, 6.45) is -3.93. The second kappa shape index (κ2) is 4.59. The van der Waals surface area contributed by atoms with Crippen LogP contribution in [0.25, 0.3) is 0 Å². The summed E-state index contributed by atoms with van der Waals surface area (Å²) in [6.45, 7) is 2.33. The van der Waals surface area contributed by atoms with E-state index in [-0.39, 0.29) is 12.3 Å². The Kier molecular flexibility index (Phi) is 4.49. The zero-order chi connectivity index (χ0) is 8.91. The lowest BCUT2D eigenvalue weighted by Gasteiger charge is -2.09. The molecule has 0 amide bonds. The van der Waals surface area contributed by atoms with Crippen LogP contribution in [0.4, 0.5) is 13.2 Å². The first kappa shape index (κ1) is 10.8. The lowest BCUT2D eigenvalue weighted by Crippen LogP contribution is -2.12. The molecule has 0 rings (SSSR count). The molecule has 0 saturated heterocycles. The molecule has 0 spiro atoms. The summed E-state index contributed by atoms with van der Waals surface area (Å²) in [7, 11) is 0. The van der Waals surface area contributed by atoms with E-state index in [9.17, 15) is 13.2 Å². The van der Waals surface area contributed by atoms with Gasteiger partial charge in [-0.15, -0.1) is 0 Å². The van der Waals surface area contributed by atoms with Gasteiger partial charge in [-0.1, -0.05) is 6.92 Å². The standard InChI is InChI=1S/C7H14F3N/c1-6(5-11)3-2-4-7(8,9)10/h6H,2-5,11H2,1H3/t6-/m1/s1. The Morgan fingerprint density at radius 3 is 2.27 bits per heavy atom. The van der Waals surface area contributed by atoms with Crippen molar-refractivity contribution in [1.29, 1.82) is 0 Å². The molecule has 1 atom stereocenters. The average Bonchev–Trinajstić information content (AvgIpc) is 1.85. The summed E-state index contributed by atoms with van der Waals surface area (Å²) in [6, 6.07) is 0. The third-order valence-corrected chi connectivity index (χ3v) is 1.56. The van der Waals surface area contributed by atoms with E-state index in [4.69, 9.17) is 5.73 Å². The zero-order valence-electron chi connectivity index (χ0n) is 6.62. The molecule has 0 fully saturated rings. The predicted molar refractivity (Wildman–Crippen MR) is 38.1 cm³/mol. The quantitative estimate of drug-likeness (QED) is 0.686. The molecule has 68 valence electrons. The molecule has 0 aliphatic carbocycles. The molecule has 0 unspecified atom stereocenters. The molecule has 0 aromatic rings. The van der Waals surface area contributed by atoms with Crippen LogP contribution in [0.1, 0.15) is 26.2 Å². The number of hydrogen-bond acceptors (Lipinski definition) is 1. The fraction of sp³-hybridized carbons (Fsp3) is 1.00. The minimum absolute atomic E-state index is 0.196. The molecule has 11 heavy (non-hydrogen) atoms. The maximum atomic E-state index is 11.6. The van der Waals surface area contributed by atoms with Crippen molar-refractivity contribution in [3.63, 3.8) is 0 Å². The highest BCUT2D eigenvalue weighted by molar-refractivity contribution is 4.56. The summed E-state index contributed by atoms with van der Waals surface area (Å²) in [5.41, 5.74) is 5.24. The summed E-state index contributed by atoms with van der Waals surface area (Å²) in [5, 5.41) is 0. The fourth-order valence-corrected chi connectivity index (χ4v) is 0.769. The molecule has 0 aromatic carbocycles. The maximum Gasteiger partial charge on any atom is 0.389 e. The van der Waals surface area contributed by atoms with Crippen molar-refractivity contribution >= 4 is 0 Å². The van der Waals surface area contributed by atoms with Gasteiger partial charge in [-0.3, -0.25) is 0 Å². The van der Waals surface area contributed by atoms with E-state index < -0.39 is 12.6 Å². The van der Waals surface area contributed by atoms with Crippen LogP contribution in [-0.4, -0.2) is 12.7 Å². The smallest absolute Gasteiger partial charge is 0.330 e. The van der Waals surface area contributed by atoms with E-state index in [0.29, 0.717) is 13.0 Å². The van der Waals surface area contributed by atoms with Gasteiger partial charge in [0.1, 0.15) is 0 Å². The number of alkyl halides is 3. The van der Waals surface area contributed by atoms with Crippen LogP contribution in [0.3, 0.4) is 0 Å². The van der Waals surface area contributed by atoms with Crippen LogP contribution in [0, 0.1) is 5.92 Å². The van der Waals surface area contributed by atoms with Crippen molar-refractivity contribution in [3.05, 3.63) is 0 Å². The molecular weight excluding hydrogens is 155 g/mol. The second-order valence-electron chi connectivity index (χ2n) is 2.85. The highest BCUT2D eigenvalue weighted by Gasteiger charge is 2.26. The van der Waals surface area contributed by atoms with E-state index >= 15 is 0 Å². The molecule has 0 bridgehead atoms. The largest absolute Gasteiger partial charge is 0.389 e. The lowest BCUT2D eigenvalue weighted by atomic mass is 10.0. The maximum absolute atomic E-state index is 11.6. The summed E-state index contributed by atoms with van der Waals surface area (Å²) < 4.78 is 34.7. The van der Waals surface area contributed by atoms with Crippen molar-refractivity contribution in [2.45, 2.75) is 32.4 Å². The number of hydrogen-bond donors (Lipinski definition) is 1. The molecule has 2 N–H and O–H groups in total. The average molecular weight is 169 g/mol. The minimum Gasteiger partial charge on any atom is -0.330 e. The topological polar surface area (TPSA) is 26.0 Å². The van der Waals surface area contributed by atoms with Crippen LogP contribution in [0.2, 0.25) is 0 Å². The number of rotatable bonds is 4. The zero-order valence-corrected chi connectivity index (χ0v) is 6.62. The first-order valence-electron chi connectivity index (χ1n) is 3.72. The summed E-state index contributed by atoms with van der Waals surface area (Å²) >= 11 is 0. The summed E-state index contributed by atoms with van der Waals surface area (Å²) in [4.78, 5) is 0. The van der Waals surface area contributed by atoms with Crippen molar-refractivity contribution in [1.82, 2.24) is 0 Å². The fourth-order valence-electron chi connectivity index (χ4n) is 0.769. The molecule has 0 saturated carbocycles. The third-order valence-electron chi connectivity index (χ3n) is 1.56. The SMILES string of the molecule is C[C@@H](CN)CCCC(F)(F)F. The molecule has 1 nitrogen and oxygen atoms in total. The molecule has 0 aromatic heterocycles. The van der Waals surface area contributed by atoms with Gasteiger partial charge < -0.3 is 5.73 Å². The second-order valence-corrected chi connectivity index (χ2v) is 2.85. The first-order valence-corrected chi connectivity index (χ1v) is 3.72. The van der Waals surface area contributed by atoms with Crippen molar-refractivity contribution in [2.24, 2.45) is 11.7 Å². The first-order chi connectivity index (χ1) is 4.95. The van der Waals surface area contributed by atoms with E-state index in [0.717, 1.165) is 0 Å². The Morgan fingerprint density at radius 1 is 1.36 bits per heavy atom. The van der Waals surface area contributed by atoms with Gasteiger partial charge in [0.25, 0.3) is 0 Å². The molecule has 0 radical (unpaired) electrons. The van der Waals surface area contributed by atoms with Crippen LogP contribution in [0.15, 0.2) is 0 Å². The van der Waals surface area contributed by atoms with E-state index in [1.54, 1.807) is 0 Å². The third kappa shape index (κ3) is 7.65. The van der Waals surface area contributed by atoms with Crippen LogP contribution >= 0.6 is 0 Å². The van der Waals surface area contributed by atoms with E-state index in [2.05, 4.69) is 0 Å². The van der Waals surface area contributed by atoms with Crippen LogP contribution in [0.5, 0.6) is 0 Å². The summed E-state index contributed by atoms with van der Waals surface area (Å²) in [5.74, 6) is 0.206. The van der Waals surface area contributed by atoms with E-state index in [1.807, 2.05) is 6.92 Å². The van der Waals surface area contributed by atoms with Gasteiger partial charge in [0, 0.05) is 6.42 Å². The normalized spacial score (nSPS) is 15.0. The van der Waals surface area contributed by atoms with E-state index in [1.165, 1.54) is 0 Å². The Bertz CT molecular complexity index is 100. The van der Waals surface area contributed by atoms with Crippen molar-refractivity contribution < 1.29 is 13.2 Å². The monoisotopic (exact) mass is 169 g/mol. The molecule has 4 heteroatoms. The van der Waals surface area contributed by atoms with Crippen LogP contribution < -0.4 is 5.73 Å². The molecular formula is C7H14F3N. The highest BCUT2D eigenvalue weighted by Crippen LogP contribution is 2.23. The Balaban J connectivity index is 3.28. The lowest BCUT2D eigenvalue weighted by molar-refractivity contribution is -0.136. The van der Waals surface area contributed by atoms with Gasteiger partial charge in [-0.05, 0) is 25.3 Å². The highest BCUT2D eigenvalue weighted by atomic mass is 19.4. The Hall–Kier alpha value is -0.250. The van der Waals surface area contributed by atoms with Crippen molar-refractivity contribution in [3.8, 4) is 0 Å². The van der Waals surface area contributed by atoms with Gasteiger partial charge in [0.05, 0.1) is 0 Å². The van der Waals surface area contributed by atoms with Gasteiger partial charge in [0.15, 0.2) is 0 Å². The Morgan fingerprint density at radius 2 is 1.91 bits per heavy atom. The van der Waals surface area contributed by atoms with Crippen LogP contribution in [-0.2, 0) is 0 Å². The van der Waals surface area contributed by atoms with Gasteiger partial charge in [0.2, 0.25) is 0 Å². The van der Waals surface area contributed by atoms with Crippen molar-refractivity contribution in [2.75, 3.05) is 6.54 Å². The molecule has 0 aliphatic rings.